The van der Waals surface area contributed by atoms with Crippen LogP contribution in [0.4, 0.5) is 26.3 Å². The van der Waals surface area contributed by atoms with Gasteiger partial charge in [0.1, 0.15) is 0 Å². The molecule has 1 atom stereocenters. The highest BCUT2D eigenvalue weighted by atomic mass is 19.4. The Hall–Kier alpha value is -0.500. The van der Waals surface area contributed by atoms with Gasteiger partial charge in [0.15, 0.2) is 0 Å². The van der Waals surface area contributed by atoms with E-state index in [1.165, 1.54) is 0 Å². The summed E-state index contributed by atoms with van der Waals surface area (Å²) in [6, 6.07) is 0. The molecule has 1 unspecified atom stereocenters. The lowest BCUT2D eigenvalue weighted by Gasteiger charge is -2.49. The molecular formula is C13H21F6NO. The van der Waals surface area contributed by atoms with Crippen LogP contribution in [0.25, 0.3) is 0 Å². The SMILES string of the molecule is CC1(C)CC(O)CC(CCC(F)(F)F)(CCC(F)(F)F)N1. The first-order valence-electron chi connectivity index (χ1n) is 6.83. The molecule has 0 spiro atoms. The fourth-order valence-electron chi connectivity index (χ4n) is 3.15. The van der Waals surface area contributed by atoms with Crippen molar-refractivity contribution in [2.45, 2.75) is 81.9 Å². The van der Waals surface area contributed by atoms with E-state index in [0.717, 1.165) is 0 Å². The Morgan fingerprint density at radius 3 is 1.71 bits per heavy atom. The number of rotatable bonds is 4. The second-order valence-corrected chi connectivity index (χ2v) is 6.58. The van der Waals surface area contributed by atoms with Gasteiger partial charge in [0.05, 0.1) is 6.10 Å². The summed E-state index contributed by atoms with van der Waals surface area (Å²) in [5.74, 6) is 0. The number of piperidine rings is 1. The van der Waals surface area contributed by atoms with E-state index in [4.69, 9.17) is 0 Å². The van der Waals surface area contributed by atoms with Crippen LogP contribution in [0.1, 0.15) is 52.4 Å². The Morgan fingerprint density at radius 1 is 0.952 bits per heavy atom. The topological polar surface area (TPSA) is 32.3 Å². The number of hydrogen-bond acceptors (Lipinski definition) is 2. The number of halogens is 6. The standard InChI is InChI=1S/C13H21F6NO/c1-10(2)7-9(21)8-11(20-10,3-5-12(14,15)16)4-6-13(17,18)19/h9,20-21H,3-8H2,1-2H3. The number of alkyl halides is 6. The third-order valence-corrected chi connectivity index (χ3v) is 3.75. The van der Waals surface area contributed by atoms with Crippen molar-refractivity contribution < 1.29 is 31.4 Å². The number of nitrogens with one attached hydrogen (secondary N) is 1. The number of aliphatic hydroxyl groups is 1. The quantitative estimate of drug-likeness (QED) is 0.769. The lowest BCUT2D eigenvalue weighted by Crippen LogP contribution is -2.62. The molecule has 0 amide bonds. The van der Waals surface area contributed by atoms with Crippen molar-refractivity contribution in [2.75, 3.05) is 0 Å². The first-order valence-corrected chi connectivity index (χ1v) is 6.83. The van der Waals surface area contributed by atoms with Gasteiger partial charge in [-0.05, 0) is 39.5 Å². The fraction of sp³-hybridized carbons (Fsp3) is 1.00. The van der Waals surface area contributed by atoms with Crippen LogP contribution >= 0.6 is 0 Å². The number of aliphatic hydroxyl groups excluding tert-OH is 1. The average Bonchev–Trinajstić information content (AvgIpc) is 2.19. The molecule has 0 aromatic rings. The van der Waals surface area contributed by atoms with Gasteiger partial charge in [-0.1, -0.05) is 0 Å². The molecule has 1 aliphatic rings. The molecule has 1 saturated heterocycles. The summed E-state index contributed by atoms with van der Waals surface area (Å²) in [5, 5.41) is 12.8. The van der Waals surface area contributed by atoms with E-state index in [9.17, 15) is 31.4 Å². The molecule has 1 aliphatic heterocycles. The Balaban J connectivity index is 2.87. The lowest BCUT2D eigenvalue weighted by atomic mass is 9.74. The molecule has 1 rings (SSSR count). The van der Waals surface area contributed by atoms with Crippen LogP contribution in [0.2, 0.25) is 0 Å². The summed E-state index contributed by atoms with van der Waals surface area (Å²) < 4.78 is 74.6. The van der Waals surface area contributed by atoms with Crippen LogP contribution in [0.3, 0.4) is 0 Å². The Kier molecular flexibility index (Phi) is 5.25. The minimum Gasteiger partial charge on any atom is -0.393 e. The van der Waals surface area contributed by atoms with E-state index in [-0.39, 0.29) is 6.42 Å². The monoisotopic (exact) mass is 321 g/mol. The van der Waals surface area contributed by atoms with Crippen molar-refractivity contribution in [3.8, 4) is 0 Å². The second-order valence-electron chi connectivity index (χ2n) is 6.58. The Bertz CT molecular complexity index is 332. The molecule has 0 aromatic heterocycles. The molecule has 2 nitrogen and oxygen atoms in total. The van der Waals surface area contributed by atoms with Crippen molar-refractivity contribution in [2.24, 2.45) is 0 Å². The molecule has 1 fully saturated rings. The normalized spacial score (nSPS) is 25.9. The van der Waals surface area contributed by atoms with Gasteiger partial charge in [0.2, 0.25) is 0 Å². The fourth-order valence-corrected chi connectivity index (χ4v) is 3.15. The second kappa shape index (κ2) is 5.95. The Labute approximate surface area is 119 Å². The molecule has 21 heavy (non-hydrogen) atoms. The van der Waals surface area contributed by atoms with Gasteiger partial charge in [0, 0.05) is 23.9 Å². The van der Waals surface area contributed by atoms with Gasteiger partial charge < -0.3 is 10.4 Å². The first-order chi connectivity index (χ1) is 9.22. The van der Waals surface area contributed by atoms with Crippen LogP contribution in [0.5, 0.6) is 0 Å². The van der Waals surface area contributed by atoms with Gasteiger partial charge in [-0.2, -0.15) is 26.3 Å². The van der Waals surface area contributed by atoms with Gasteiger partial charge in [-0.15, -0.1) is 0 Å². The van der Waals surface area contributed by atoms with E-state index in [2.05, 4.69) is 5.32 Å². The predicted molar refractivity (Wildman–Crippen MR) is 65.8 cm³/mol. The van der Waals surface area contributed by atoms with Crippen LogP contribution in [-0.2, 0) is 0 Å². The molecule has 1 heterocycles. The van der Waals surface area contributed by atoms with Crippen LogP contribution in [0.15, 0.2) is 0 Å². The maximum Gasteiger partial charge on any atom is 0.389 e. The Morgan fingerprint density at radius 2 is 1.38 bits per heavy atom. The minimum atomic E-state index is -4.43. The third-order valence-electron chi connectivity index (χ3n) is 3.75. The predicted octanol–water partition coefficient (Wildman–Crippen LogP) is 3.93. The van der Waals surface area contributed by atoms with E-state index in [0.29, 0.717) is 6.42 Å². The van der Waals surface area contributed by atoms with Crippen LogP contribution in [-0.4, -0.2) is 34.6 Å². The first kappa shape index (κ1) is 18.5. The molecule has 0 radical (unpaired) electrons. The summed E-state index contributed by atoms with van der Waals surface area (Å²) in [6.07, 6.45) is -12.8. The molecule has 0 aromatic carbocycles. The van der Waals surface area contributed by atoms with E-state index in [1.54, 1.807) is 13.8 Å². The van der Waals surface area contributed by atoms with Crippen LogP contribution in [0, 0.1) is 0 Å². The molecule has 0 bridgehead atoms. The largest absolute Gasteiger partial charge is 0.393 e. The van der Waals surface area contributed by atoms with Crippen molar-refractivity contribution in [3.63, 3.8) is 0 Å². The molecule has 126 valence electrons. The zero-order chi connectivity index (χ0) is 16.5. The summed E-state index contributed by atoms with van der Waals surface area (Å²) in [7, 11) is 0. The molecule has 2 N–H and O–H groups in total. The zero-order valence-corrected chi connectivity index (χ0v) is 12.0. The summed E-state index contributed by atoms with van der Waals surface area (Å²) in [5.41, 5.74) is -2.04. The van der Waals surface area contributed by atoms with Crippen molar-refractivity contribution >= 4 is 0 Å². The maximum atomic E-state index is 12.4. The van der Waals surface area contributed by atoms with Crippen LogP contribution < -0.4 is 5.32 Å². The molecule has 0 aliphatic carbocycles. The van der Waals surface area contributed by atoms with Gasteiger partial charge >= 0.3 is 12.4 Å². The minimum absolute atomic E-state index is 0.0947. The van der Waals surface area contributed by atoms with E-state index < -0.39 is 55.2 Å². The van der Waals surface area contributed by atoms with E-state index in [1.807, 2.05) is 0 Å². The smallest absolute Gasteiger partial charge is 0.389 e. The van der Waals surface area contributed by atoms with Gasteiger partial charge in [0.25, 0.3) is 0 Å². The highest BCUT2D eigenvalue weighted by molar-refractivity contribution is 5.02. The summed E-state index contributed by atoms with van der Waals surface area (Å²) in [4.78, 5) is 0. The average molecular weight is 321 g/mol. The lowest BCUT2D eigenvalue weighted by molar-refractivity contribution is -0.151. The molecular weight excluding hydrogens is 300 g/mol. The van der Waals surface area contributed by atoms with Gasteiger partial charge in [-0.3, -0.25) is 0 Å². The van der Waals surface area contributed by atoms with E-state index >= 15 is 0 Å². The van der Waals surface area contributed by atoms with Crippen molar-refractivity contribution in [1.29, 1.82) is 0 Å². The van der Waals surface area contributed by atoms with Crippen molar-refractivity contribution in [1.82, 2.24) is 5.32 Å². The summed E-state index contributed by atoms with van der Waals surface area (Å²) in [6.45, 7) is 3.34. The van der Waals surface area contributed by atoms with Crippen molar-refractivity contribution in [3.05, 3.63) is 0 Å². The zero-order valence-electron chi connectivity index (χ0n) is 12.0. The molecule has 0 saturated carbocycles. The third kappa shape index (κ3) is 6.86. The summed E-state index contributed by atoms with van der Waals surface area (Å²) >= 11 is 0. The number of hydrogen-bond donors (Lipinski definition) is 2. The highest BCUT2D eigenvalue weighted by Crippen LogP contribution is 2.39. The highest BCUT2D eigenvalue weighted by Gasteiger charge is 2.46. The maximum absolute atomic E-state index is 12.4. The molecule has 8 heteroatoms. The van der Waals surface area contributed by atoms with Gasteiger partial charge in [-0.25, -0.2) is 0 Å².